The number of nitrogens with zero attached hydrogens (tertiary/aromatic N) is 1. The van der Waals surface area contributed by atoms with E-state index in [1.54, 1.807) is 0 Å². The molecule has 1 aromatic rings. The fourth-order valence-corrected chi connectivity index (χ4v) is 1.34. The van der Waals surface area contributed by atoms with Crippen molar-refractivity contribution < 1.29 is 25.2 Å². The van der Waals surface area contributed by atoms with Crippen LogP contribution in [-0.4, -0.2) is 44.1 Å². The van der Waals surface area contributed by atoms with E-state index in [1.165, 1.54) is 0 Å². The molecule has 0 spiro atoms. The molecule has 1 aromatic heterocycles. The molecule has 0 radical (unpaired) electrons. The van der Waals surface area contributed by atoms with Crippen molar-refractivity contribution in [3.63, 3.8) is 0 Å². The number of hydrogen-bond acceptors (Lipinski definition) is 6. The Morgan fingerprint density at radius 2 is 2.12 bits per heavy atom. The number of aromatic carboxylic acids is 1. The van der Waals surface area contributed by atoms with Crippen LogP contribution in [0.3, 0.4) is 0 Å². The molecule has 0 fully saturated rings. The van der Waals surface area contributed by atoms with Crippen molar-refractivity contribution in [1.82, 2.24) is 4.98 Å². The number of nitrogen functional groups attached to an aromatic ring is 1. The van der Waals surface area contributed by atoms with Crippen LogP contribution in [0, 0.1) is 0 Å². The summed E-state index contributed by atoms with van der Waals surface area (Å²) in [6.07, 6.45) is -1.59. The summed E-state index contributed by atoms with van der Waals surface area (Å²) in [6, 6.07) is 1.15. The van der Waals surface area contributed by atoms with Crippen LogP contribution in [-0.2, 0) is 0 Å². The highest BCUT2D eigenvalue weighted by molar-refractivity contribution is 5.87. The summed E-state index contributed by atoms with van der Waals surface area (Å²) in [4.78, 5) is 14.3. The predicted octanol–water partition coefficient (Wildman–Crippen LogP) is -0.861. The van der Waals surface area contributed by atoms with Gasteiger partial charge in [-0.2, -0.15) is 0 Å². The van der Waals surface area contributed by atoms with Gasteiger partial charge >= 0.3 is 5.97 Å². The summed E-state index contributed by atoms with van der Waals surface area (Å²) in [7, 11) is 0. The maximum atomic E-state index is 10.7. The van der Waals surface area contributed by atoms with Crippen LogP contribution in [0.1, 0.15) is 28.4 Å². The van der Waals surface area contributed by atoms with Gasteiger partial charge in [0.1, 0.15) is 11.9 Å². The molecular weight excluding hydrogens is 228 g/mol. The van der Waals surface area contributed by atoms with Gasteiger partial charge in [-0.1, -0.05) is 0 Å². The Morgan fingerprint density at radius 3 is 2.65 bits per heavy atom. The van der Waals surface area contributed by atoms with Crippen molar-refractivity contribution in [3.8, 4) is 0 Å². The highest BCUT2D eigenvalue weighted by atomic mass is 16.4. The van der Waals surface area contributed by atoms with Crippen LogP contribution in [0.2, 0.25) is 0 Å². The molecule has 0 saturated heterocycles. The van der Waals surface area contributed by atoms with Crippen LogP contribution in [0.25, 0.3) is 0 Å². The topological polar surface area (TPSA) is 137 Å². The van der Waals surface area contributed by atoms with Gasteiger partial charge in [0.15, 0.2) is 0 Å². The monoisotopic (exact) mass is 242 g/mol. The number of nitrogens with two attached hydrogens (primary N) is 1. The number of pyridine rings is 1. The average Bonchev–Trinajstić information content (AvgIpc) is 2.28. The fourth-order valence-electron chi connectivity index (χ4n) is 1.34. The van der Waals surface area contributed by atoms with Crippen LogP contribution in [0.4, 0.5) is 5.82 Å². The van der Waals surface area contributed by atoms with Crippen LogP contribution in [0.5, 0.6) is 0 Å². The largest absolute Gasteiger partial charge is 0.478 e. The van der Waals surface area contributed by atoms with Gasteiger partial charge in [0, 0.05) is 18.4 Å². The maximum absolute atomic E-state index is 10.7. The Hall–Kier alpha value is -1.70. The first-order chi connectivity index (χ1) is 7.97. The lowest BCUT2D eigenvalue weighted by Gasteiger charge is -2.18. The summed E-state index contributed by atoms with van der Waals surface area (Å²) in [6.45, 7) is -0.301. The van der Waals surface area contributed by atoms with E-state index in [4.69, 9.17) is 15.9 Å². The third-order valence-corrected chi connectivity index (χ3v) is 2.30. The lowest BCUT2D eigenvalue weighted by molar-refractivity contribution is 0.00439. The molecule has 0 aliphatic rings. The van der Waals surface area contributed by atoms with Crippen molar-refractivity contribution in [2.45, 2.75) is 18.6 Å². The number of carbonyl (C=O) groups is 1. The van der Waals surface area contributed by atoms with Crippen LogP contribution >= 0.6 is 0 Å². The molecule has 0 amide bonds. The standard InChI is InChI=1S/C10H14N2O5/c11-9-6(8(15)7(14)1-2-13)3-5(4-12-9)10(16)17/h3-4,7-8,13-15H,1-2H2,(H2,11,12)(H,16,17). The summed E-state index contributed by atoms with van der Waals surface area (Å²) in [5, 5.41) is 36.6. The van der Waals surface area contributed by atoms with Gasteiger partial charge in [0.05, 0.1) is 11.7 Å². The van der Waals surface area contributed by atoms with Gasteiger partial charge in [0.25, 0.3) is 0 Å². The molecule has 94 valence electrons. The zero-order valence-corrected chi connectivity index (χ0v) is 8.95. The molecular formula is C10H14N2O5. The molecule has 0 bridgehead atoms. The third kappa shape index (κ3) is 3.13. The van der Waals surface area contributed by atoms with E-state index in [1.807, 2.05) is 0 Å². The summed E-state index contributed by atoms with van der Waals surface area (Å²) < 4.78 is 0. The van der Waals surface area contributed by atoms with Gasteiger partial charge in [-0.25, -0.2) is 9.78 Å². The minimum Gasteiger partial charge on any atom is -0.478 e. The van der Waals surface area contributed by atoms with E-state index < -0.39 is 18.2 Å². The van der Waals surface area contributed by atoms with E-state index in [2.05, 4.69) is 4.98 Å². The summed E-state index contributed by atoms with van der Waals surface area (Å²) in [5.41, 5.74) is 5.39. The Kier molecular flexibility index (Phi) is 4.38. The van der Waals surface area contributed by atoms with Gasteiger partial charge in [-0.15, -0.1) is 0 Å². The van der Waals surface area contributed by atoms with Gasteiger partial charge in [-0.05, 0) is 12.5 Å². The molecule has 0 aliphatic heterocycles. The molecule has 1 rings (SSSR count). The smallest absolute Gasteiger partial charge is 0.337 e. The highest BCUT2D eigenvalue weighted by Gasteiger charge is 2.22. The Morgan fingerprint density at radius 1 is 1.47 bits per heavy atom. The molecule has 7 nitrogen and oxygen atoms in total. The molecule has 6 N–H and O–H groups in total. The van der Waals surface area contributed by atoms with Crippen LogP contribution in [0.15, 0.2) is 12.3 Å². The van der Waals surface area contributed by atoms with Crippen molar-refractivity contribution >= 4 is 11.8 Å². The number of anilines is 1. The Labute approximate surface area is 97.2 Å². The molecule has 1 heterocycles. The zero-order chi connectivity index (χ0) is 13.0. The van der Waals surface area contributed by atoms with Crippen molar-refractivity contribution in [3.05, 3.63) is 23.4 Å². The number of aromatic nitrogens is 1. The van der Waals surface area contributed by atoms with E-state index >= 15 is 0 Å². The molecule has 7 heteroatoms. The van der Waals surface area contributed by atoms with Crippen molar-refractivity contribution in [2.24, 2.45) is 0 Å². The number of rotatable bonds is 5. The SMILES string of the molecule is Nc1ncc(C(=O)O)cc1C(O)C(O)CCO. The number of carboxylic acid groups (broad SMARTS) is 1. The molecule has 0 aromatic carbocycles. The lowest BCUT2D eigenvalue weighted by atomic mass is 10.0. The minimum atomic E-state index is -1.38. The summed E-state index contributed by atoms with van der Waals surface area (Å²) >= 11 is 0. The Balaban J connectivity index is 3.03. The predicted molar refractivity (Wildman–Crippen MR) is 58.3 cm³/mol. The second-order valence-electron chi connectivity index (χ2n) is 3.53. The summed E-state index contributed by atoms with van der Waals surface area (Å²) in [5.74, 6) is -1.26. The first-order valence-electron chi connectivity index (χ1n) is 4.93. The molecule has 0 aliphatic carbocycles. The van der Waals surface area contributed by atoms with E-state index in [0.717, 1.165) is 12.3 Å². The van der Waals surface area contributed by atoms with E-state index in [-0.39, 0.29) is 30.0 Å². The molecule has 0 saturated carbocycles. The molecule has 2 unspecified atom stereocenters. The Bertz CT molecular complexity index is 410. The van der Waals surface area contributed by atoms with Gasteiger partial charge in [0.2, 0.25) is 0 Å². The maximum Gasteiger partial charge on any atom is 0.337 e. The van der Waals surface area contributed by atoms with E-state index in [9.17, 15) is 15.0 Å². The quantitative estimate of drug-likeness (QED) is 0.453. The lowest BCUT2D eigenvalue weighted by Crippen LogP contribution is -2.21. The second-order valence-corrected chi connectivity index (χ2v) is 3.53. The average molecular weight is 242 g/mol. The first-order valence-corrected chi connectivity index (χ1v) is 4.93. The molecule has 2 atom stereocenters. The number of aliphatic hydroxyl groups excluding tert-OH is 3. The van der Waals surface area contributed by atoms with Gasteiger partial charge in [-0.3, -0.25) is 0 Å². The van der Waals surface area contributed by atoms with Gasteiger partial charge < -0.3 is 26.2 Å². The highest BCUT2D eigenvalue weighted by Crippen LogP contribution is 2.24. The fraction of sp³-hybridized carbons (Fsp3) is 0.400. The third-order valence-electron chi connectivity index (χ3n) is 2.30. The first kappa shape index (κ1) is 13.4. The number of aliphatic hydroxyl groups is 3. The van der Waals surface area contributed by atoms with Crippen molar-refractivity contribution in [2.75, 3.05) is 12.3 Å². The zero-order valence-electron chi connectivity index (χ0n) is 8.95. The van der Waals surface area contributed by atoms with Crippen LogP contribution < -0.4 is 5.73 Å². The second kappa shape index (κ2) is 5.58. The number of hydrogen-bond donors (Lipinski definition) is 5. The number of carboxylic acids is 1. The normalized spacial score (nSPS) is 14.3. The van der Waals surface area contributed by atoms with E-state index in [0.29, 0.717) is 0 Å². The minimum absolute atomic E-state index is 0.0332. The van der Waals surface area contributed by atoms with Crippen molar-refractivity contribution in [1.29, 1.82) is 0 Å². The molecule has 17 heavy (non-hydrogen) atoms.